The molecule has 2 aromatic carbocycles. The van der Waals surface area contributed by atoms with E-state index >= 15 is 0 Å². The highest BCUT2D eigenvalue weighted by Crippen LogP contribution is 2.25. The molecule has 9 heteroatoms. The number of carbonyl (C=O) groups excluding carboxylic acids is 1. The molecular weight excluding hydrogens is 461 g/mol. The third-order valence-electron chi connectivity index (χ3n) is 5.55. The van der Waals surface area contributed by atoms with Crippen molar-refractivity contribution in [3.63, 3.8) is 0 Å². The van der Waals surface area contributed by atoms with Gasteiger partial charge in [-0.3, -0.25) is 14.3 Å². The fourth-order valence-corrected chi connectivity index (χ4v) is 4.84. The minimum atomic E-state index is -0.295. The molecule has 0 spiro atoms. The summed E-state index contributed by atoms with van der Waals surface area (Å²) in [6, 6.07) is 14.6. The van der Waals surface area contributed by atoms with E-state index in [4.69, 9.17) is 11.6 Å². The SMILES string of the molecule is C=CCn1c(SCC(=O)N2CCN(Cc3c(F)cccc3Cl)CC2)nnc1-c1ccccc1. The lowest BCUT2D eigenvalue weighted by molar-refractivity contribution is -0.130. The molecule has 0 bridgehead atoms. The van der Waals surface area contributed by atoms with Gasteiger partial charge < -0.3 is 4.90 Å². The summed E-state index contributed by atoms with van der Waals surface area (Å²) in [5, 5.41) is 9.76. The van der Waals surface area contributed by atoms with Crippen LogP contribution in [0.5, 0.6) is 0 Å². The van der Waals surface area contributed by atoms with Crippen LogP contribution in [0.3, 0.4) is 0 Å². The summed E-state index contributed by atoms with van der Waals surface area (Å²) in [5.41, 5.74) is 1.47. The number of allylic oxidation sites excluding steroid dienone is 1. The number of hydrogen-bond donors (Lipinski definition) is 0. The number of halogens is 2. The minimum Gasteiger partial charge on any atom is -0.339 e. The molecule has 0 unspecified atom stereocenters. The summed E-state index contributed by atoms with van der Waals surface area (Å²) in [4.78, 5) is 16.8. The highest BCUT2D eigenvalue weighted by molar-refractivity contribution is 7.99. The van der Waals surface area contributed by atoms with Gasteiger partial charge in [0.25, 0.3) is 0 Å². The molecule has 172 valence electrons. The lowest BCUT2D eigenvalue weighted by atomic mass is 10.2. The van der Waals surface area contributed by atoms with E-state index in [0.29, 0.717) is 55.0 Å². The van der Waals surface area contributed by atoms with Gasteiger partial charge in [-0.05, 0) is 12.1 Å². The molecule has 1 fully saturated rings. The molecule has 33 heavy (non-hydrogen) atoms. The highest BCUT2D eigenvalue weighted by Gasteiger charge is 2.23. The number of nitrogens with zero attached hydrogens (tertiary/aromatic N) is 5. The molecule has 1 saturated heterocycles. The van der Waals surface area contributed by atoms with Crippen molar-refractivity contribution in [3.05, 3.63) is 77.6 Å². The third kappa shape index (κ3) is 5.63. The first-order valence-electron chi connectivity index (χ1n) is 10.7. The van der Waals surface area contributed by atoms with Crippen molar-refractivity contribution in [2.45, 2.75) is 18.2 Å². The summed E-state index contributed by atoms with van der Waals surface area (Å²) in [7, 11) is 0. The zero-order valence-corrected chi connectivity index (χ0v) is 19.7. The van der Waals surface area contributed by atoms with Crippen LogP contribution in [0.15, 0.2) is 66.3 Å². The molecular formula is C24H25ClFN5OS. The molecule has 6 nitrogen and oxygen atoms in total. The van der Waals surface area contributed by atoms with Crippen LogP contribution >= 0.6 is 23.4 Å². The Balaban J connectivity index is 1.33. The van der Waals surface area contributed by atoms with Gasteiger partial charge in [0, 0.05) is 55.4 Å². The average molecular weight is 486 g/mol. The van der Waals surface area contributed by atoms with Crippen LogP contribution < -0.4 is 0 Å². The maximum atomic E-state index is 14.1. The standard InChI is InChI=1S/C24H25ClFN5OS/c1-2-11-31-23(18-7-4-3-5-8-18)27-28-24(31)33-17-22(32)30-14-12-29(13-15-30)16-19-20(25)9-6-10-21(19)26/h2-10H,1,11-17H2. The molecule has 0 atom stereocenters. The molecule has 4 rings (SSSR count). The predicted molar refractivity (Wildman–Crippen MR) is 130 cm³/mol. The topological polar surface area (TPSA) is 54.3 Å². The zero-order valence-electron chi connectivity index (χ0n) is 18.2. The molecule has 1 amide bonds. The van der Waals surface area contributed by atoms with E-state index in [1.54, 1.807) is 18.2 Å². The maximum absolute atomic E-state index is 14.1. The number of benzene rings is 2. The van der Waals surface area contributed by atoms with E-state index in [0.717, 1.165) is 11.4 Å². The second-order valence-electron chi connectivity index (χ2n) is 7.72. The second-order valence-corrected chi connectivity index (χ2v) is 9.07. The van der Waals surface area contributed by atoms with Crippen LogP contribution in [0.1, 0.15) is 5.56 Å². The van der Waals surface area contributed by atoms with E-state index in [1.165, 1.54) is 17.8 Å². The van der Waals surface area contributed by atoms with Gasteiger partial charge >= 0.3 is 0 Å². The first kappa shape index (κ1) is 23.5. The summed E-state index contributed by atoms with van der Waals surface area (Å²) < 4.78 is 16.0. The number of thioether (sulfide) groups is 1. The fourth-order valence-electron chi connectivity index (χ4n) is 3.77. The monoisotopic (exact) mass is 485 g/mol. The molecule has 0 aliphatic carbocycles. The Labute approximate surface area is 202 Å². The van der Waals surface area contributed by atoms with E-state index < -0.39 is 0 Å². The van der Waals surface area contributed by atoms with Gasteiger partial charge in [-0.1, -0.05) is 65.8 Å². The Hall–Kier alpha value is -2.68. The van der Waals surface area contributed by atoms with Crippen LogP contribution in [-0.4, -0.2) is 62.4 Å². The molecule has 1 aliphatic rings. The molecule has 0 saturated carbocycles. The molecule has 0 radical (unpaired) electrons. The van der Waals surface area contributed by atoms with Crippen molar-refractivity contribution < 1.29 is 9.18 Å². The first-order chi connectivity index (χ1) is 16.1. The highest BCUT2D eigenvalue weighted by atomic mass is 35.5. The van der Waals surface area contributed by atoms with Crippen molar-refractivity contribution in [3.8, 4) is 11.4 Å². The largest absolute Gasteiger partial charge is 0.339 e. The lowest BCUT2D eigenvalue weighted by Crippen LogP contribution is -2.48. The summed E-state index contributed by atoms with van der Waals surface area (Å²) in [6.45, 7) is 7.37. The van der Waals surface area contributed by atoms with Gasteiger partial charge in [-0.25, -0.2) is 4.39 Å². The molecule has 2 heterocycles. The van der Waals surface area contributed by atoms with Crippen LogP contribution in [0, 0.1) is 5.82 Å². The summed E-state index contributed by atoms with van der Waals surface area (Å²) in [6.07, 6.45) is 1.79. The maximum Gasteiger partial charge on any atom is 0.233 e. The Morgan fingerprint density at radius 3 is 2.55 bits per heavy atom. The van der Waals surface area contributed by atoms with Crippen molar-refractivity contribution >= 4 is 29.3 Å². The number of rotatable bonds is 8. The van der Waals surface area contributed by atoms with E-state index in [9.17, 15) is 9.18 Å². The predicted octanol–water partition coefficient (Wildman–Crippen LogP) is 4.36. The summed E-state index contributed by atoms with van der Waals surface area (Å²) >= 11 is 7.53. The minimum absolute atomic E-state index is 0.0537. The smallest absolute Gasteiger partial charge is 0.233 e. The lowest BCUT2D eigenvalue weighted by Gasteiger charge is -2.34. The van der Waals surface area contributed by atoms with E-state index in [1.807, 2.05) is 39.8 Å². The molecule has 1 aliphatic heterocycles. The van der Waals surface area contributed by atoms with Crippen molar-refractivity contribution in [1.29, 1.82) is 0 Å². The molecule has 1 aromatic heterocycles. The Morgan fingerprint density at radius 1 is 1.09 bits per heavy atom. The molecule has 0 N–H and O–H groups in total. The van der Waals surface area contributed by atoms with Crippen LogP contribution in [0.4, 0.5) is 4.39 Å². The molecule has 3 aromatic rings. The van der Waals surface area contributed by atoms with Gasteiger partial charge in [0.05, 0.1) is 5.75 Å². The van der Waals surface area contributed by atoms with Crippen molar-refractivity contribution in [1.82, 2.24) is 24.6 Å². The number of amides is 1. The van der Waals surface area contributed by atoms with E-state index in [2.05, 4.69) is 21.7 Å². The normalized spacial score (nSPS) is 14.4. The summed E-state index contributed by atoms with van der Waals surface area (Å²) in [5.74, 6) is 0.795. The number of aromatic nitrogens is 3. The zero-order chi connectivity index (χ0) is 23.2. The van der Waals surface area contributed by atoms with Gasteiger partial charge in [0.15, 0.2) is 11.0 Å². The van der Waals surface area contributed by atoms with Gasteiger partial charge in [0.2, 0.25) is 5.91 Å². The Morgan fingerprint density at radius 2 is 1.85 bits per heavy atom. The van der Waals surface area contributed by atoms with Crippen LogP contribution in [0.25, 0.3) is 11.4 Å². The number of carbonyl (C=O) groups is 1. The first-order valence-corrected chi connectivity index (χ1v) is 12.1. The van der Waals surface area contributed by atoms with Crippen molar-refractivity contribution in [2.75, 3.05) is 31.9 Å². The average Bonchev–Trinajstić information content (AvgIpc) is 3.24. The Kier molecular flexibility index (Phi) is 7.80. The fraction of sp³-hybridized carbons (Fsp3) is 0.292. The van der Waals surface area contributed by atoms with Crippen molar-refractivity contribution in [2.24, 2.45) is 0 Å². The Bertz CT molecular complexity index is 1100. The number of hydrogen-bond acceptors (Lipinski definition) is 5. The number of piperazine rings is 1. The van der Waals surface area contributed by atoms with E-state index in [-0.39, 0.29) is 17.5 Å². The van der Waals surface area contributed by atoms with Crippen LogP contribution in [-0.2, 0) is 17.9 Å². The van der Waals surface area contributed by atoms with Gasteiger partial charge in [-0.15, -0.1) is 16.8 Å². The van der Waals surface area contributed by atoms with Gasteiger partial charge in [-0.2, -0.15) is 0 Å². The quantitative estimate of drug-likeness (QED) is 0.350. The van der Waals surface area contributed by atoms with Crippen LogP contribution in [0.2, 0.25) is 5.02 Å². The second kappa shape index (κ2) is 11.0. The third-order valence-corrected chi connectivity index (χ3v) is 6.86. The van der Waals surface area contributed by atoms with Gasteiger partial charge in [0.1, 0.15) is 5.82 Å².